The van der Waals surface area contributed by atoms with Crippen molar-refractivity contribution in [1.82, 2.24) is 10.3 Å². The summed E-state index contributed by atoms with van der Waals surface area (Å²) >= 11 is 0. The van der Waals surface area contributed by atoms with Crippen LogP contribution in [0.1, 0.15) is 41.8 Å². The van der Waals surface area contributed by atoms with Crippen LogP contribution in [0.25, 0.3) is 0 Å². The van der Waals surface area contributed by atoms with Crippen LogP contribution in [0.3, 0.4) is 0 Å². The molecular formula is C17H22N2. The maximum atomic E-state index is 4.52. The Morgan fingerprint density at radius 3 is 2.68 bits per heavy atom. The molecule has 0 aliphatic carbocycles. The maximum absolute atomic E-state index is 4.52. The number of hydrogen-bond donors (Lipinski definition) is 1. The summed E-state index contributed by atoms with van der Waals surface area (Å²) in [5.74, 6) is 0. The highest BCUT2D eigenvalue weighted by molar-refractivity contribution is 5.37. The van der Waals surface area contributed by atoms with Crippen molar-refractivity contribution in [3.63, 3.8) is 0 Å². The smallest absolute Gasteiger partial charge is 0.0754 e. The zero-order valence-corrected chi connectivity index (χ0v) is 12.0. The Balaban J connectivity index is 2.40. The molecule has 1 aromatic carbocycles. The number of nitrogens with one attached hydrogen (secondary N) is 1. The van der Waals surface area contributed by atoms with E-state index in [0.29, 0.717) is 0 Å². The van der Waals surface area contributed by atoms with E-state index in [4.69, 9.17) is 0 Å². The van der Waals surface area contributed by atoms with Crippen molar-refractivity contribution in [2.75, 3.05) is 6.54 Å². The molecule has 0 radical (unpaired) electrons. The lowest BCUT2D eigenvalue weighted by Crippen LogP contribution is -2.24. The fraction of sp³-hybridized carbons (Fsp3) is 0.353. The van der Waals surface area contributed by atoms with Crippen molar-refractivity contribution < 1.29 is 0 Å². The molecule has 0 fully saturated rings. The summed E-state index contributed by atoms with van der Waals surface area (Å²) in [5.41, 5.74) is 5.02. The van der Waals surface area contributed by atoms with Gasteiger partial charge in [0.25, 0.3) is 0 Å². The number of rotatable bonds is 5. The van der Waals surface area contributed by atoms with E-state index in [0.717, 1.165) is 18.7 Å². The minimum absolute atomic E-state index is 0.182. The average Bonchev–Trinajstić information content (AvgIpc) is 2.44. The van der Waals surface area contributed by atoms with Crippen LogP contribution in [0.4, 0.5) is 0 Å². The monoisotopic (exact) mass is 254 g/mol. The van der Waals surface area contributed by atoms with E-state index in [9.17, 15) is 0 Å². The SMILES string of the molecule is CCCNC(c1ccccn1)c1cc(C)ccc1C. The van der Waals surface area contributed by atoms with E-state index in [1.807, 2.05) is 18.3 Å². The maximum Gasteiger partial charge on any atom is 0.0754 e. The Labute approximate surface area is 115 Å². The zero-order valence-electron chi connectivity index (χ0n) is 12.0. The predicted molar refractivity (Wildman–Crippen MR) is 80.3 cm³/mol. The molecule has 1 heterocycles. The van der Waals surface area contributed by atoms with Crippen molar-refractivity contribution in [3.8, 4) is 0 Å². The third-order valence-electron chi connectivity index (χ3n) is 3.33. The fourth-order valence-corrected chi connectivity index (χ4v) is 2.28. The molecule has 0 saturated heterocycles. The summed E-state index contributed by atoms with van der Waals surface area (Å²) in [4.78, 5) is 4.52. The molecule has 2 heteroatoms. The van der Waals surface area contributed by atoms with E-state index >= 15 is 0 Å². The van der Waals surface area contributed by atoms with Crippen LogP contribution >= 0.6 is 0 Å². The van der Waals surface area contributed by atoms with Gasteiger partial charge in [0.2, 0.25) is 0 Å². The predicted octanol–water partition coefficient (Wildman–Crippen LogP) is 3.79. The lowest BCUT2D eigenvalue weighted by molar-refractivity contribution is 0.584. The Bertz CT molecular complexity index is 520. The van der Waals surface area contributed by atoms with Gasteiger partial charge < -0.3 is 5.32 Å². The summed E-state index contributed by atoms with van der Waals surface area (Å²) in [5, 5.41) is 3.61. The van der Waals surface area contributed by atoms with Gasteiger partial charge in [-0.25, -0.2) is 0 Å². The number of aryl methyl sites for hydroxylation is 2. The van der Waals surface area contributed by atoms with Crippen LogP contribution in [-0.2, 0) is 0 Å². The topological polar surface area (TPSA) is 24.9 Å². The third-order valence-corrected chi connectivity index (χ3v) is 3.33. The first kappa shape index (κ1) is 13.8. The summed E-state index contributed by atoms with van der Waals surface area (Å²) in [6.45, 7) is 7.48. The van der Waals surface area contributed by atoms with Crippen molar-refractivity contribution in [2.45, 2.75) is 33.2 Å². The first-order valence-corrected chi connectivity index (χ1v) is 6.94. The molecular weight excluding hydrogens is 232 g/mol. The quantitative estimate of drug-likeness (QED) is 0.878. The van der Waals surface area contributed by atoms with Crippen LogP contribution in [0.5, 0.6) is 0 Å². The largest absolute Gasteiger partial charge is 0.305 e. The molecule has 1 aromatic heterocycles. The minimum Gasteiger partial charge on any atom is -0.305 e. The van der Waals surface area contributed by atoms with E-state index in [1.54, 1.807) is 0 Å². The third kappa shape index (κ3) is 3.42. The first-order chi connectivity index (χ1) is 9.22. The molecule has 2 rings (SSSR count). The Hall–Kier alpha value is -1.67. The van der Waals surface area contributed by atoms with Crippen LogP contribution in [0.2, 0.25) is 0 Å². The molecule has 2 nitrogen and oxygen atoms in total. The summed E-state index contributed by atoms with van der Waals surface area (Å²) in [6.07, 6.45) is 2.98. The molecule has 0 bridgehead atoms. The normalized spacial score (nSPS) is 12.4. The molecule has 2 aromatic rings. The number of pyridine rings is 1. The Kier molecular flexibility index (Phi) is 4.69. The lowest BCUT2D eigenvalue weighted by Gasteiger charge is -2.21. The Morgan fingerprint density at radius 1 is 1.16 bits per heavy atom. The highest BCUT2D eigenvalue weighted by Crippen LogP contribution is 2.24. The van der Waals surface area contributed by atoms with Crippen LogP contribution < -0.4 is 5.32 Å². The van der Waals surface area contributed by atoms with E-state index in [-0.39, 0.29) is 6.04 Å². The van der Waals surface area contributed by atoms with E-state index in [2.05, 4.69) is 55.3 Å². The second kappa shape index (κ2) is 6.48. The highest BCUT2D eigenvalue weighted by Gasteiger charge is 2.16. The van der Waals surface area contributed by atoms with Gasteiger partial charge in [0.05, 0.1) is 11.7 Å². The molecule has 1 atom stereocenters. The Morgan fingerprint density at radius 2 is 2.00 bits per heavy atom. The summed E-state index contributed by atoms with van der Waals surface area (Å²) < 4.78 is 0. The van der Waals surface area contributed by atoms with Gasteiger partial charge in [0.1, 0.15) is 0 Å². The molecule has 1 N–H and O–H groups in total. The second-order valence-electron chi connectivity index (χ2n) is 5.00. The molecule has 0 saturated carbocycles. The van der Waals surface area contributed by atoms with Gasteiger partial charge in [-0.1, -0.05) is 36.8 Å². The average molecular weight is 254 g/mol. The molecule has 19 heavy (non-hydrogen) atoms. The van der Waals surface area contributed by atoms with Crippen molar-refractivity contribution in [3.05, 3.63) is 65.0 Å². The second-order valence-corrected chi connectivity index (χ2v) is 5.00. The molecule has 0 spiro atoms. The molecule has 100 valence electrons. The van der Waals surface area contributed by atoms with Crippen molar-refractivity contribution in [1.29, 1.82) is 0 Å². The summed E-state index contributed by atoms with van der Waals surface area (Å²) in [6, 6.07) is 12.9. The van der Waals surface area contributed by atoms with Gasteiger partial charge in [-0.15, -0.1) is 0 Å². The van der Waals surface area contributed by atoms with Gasteiger partial charge in [-0.05, 0) is 50.1 Å². The van der Waals surface area contributed by atoms with Crippen molar-refractivity contribution >= 4 is 0 Å². The van der Waals surface area contributed by atoms with Gasteiger partial charge >= 0.3 is 0 Å². The number of benzene rings is 1. The lowest BCUT2D eigenvalue weighted by atomic mass is 9.96. The van der Waals surface area contributed by atoms with Gasteiger partial charge in [0, 0.05) is 6.20 Å². The van der Waals surface area contributed by atoms with Gasteiger partial charge in [-0.3, -0.25) is 4.98 Å². The standard InChI is InChI=1S/C17H22N2/c1-4-10-19-17(16-7-5-6-11-18-16)15-12-13(2)8-9-14(15)3/h5-9,11-12,17,19H,4,10H2,1-3H3. The molecule has 0 aliphatic rings. The van der Waals surface area contributed by atoms with Gasteiger partial charge in [0.15, 0.2) is 0 Å². The zero-order chi connectivity index (χ0) is 13.7. The van der Waals surface area contributed by atoms with Crippen LogP contribution in [-0.4, -0.2) is 11.5 Å². The molecule has 1 unspecified atom stereocenters. The van der Waals surface area contributed by atoms with Crippen molar-refractivity contribution in [2.24, 2.45) is 0 Å². The fourth-order valence-electron chi connectivity index (χ4n) is 2.28. The number of aromatic nitrogens is 1. The number of hydrogen-bond acceptors (Lipinski definition) is 2. The molecule has 0 aliphatic heterocycles. The minimum atomic E-state index is 0.182. The van der Waals surface area contributed by atoms with E-state index in [1.165, 1.54) is 16.7 Å². The van der Waals surface area contributed by atoms with Crippen LogP contribution in [0, 0.1) is 13.8 Å². The van der Waals surface area contributed by atoms with Gasteiger partial charge in [-0.2, -0.15) is 0 Å². The molecule has 0 amide bonds. The summed E-state index contributed by atoms with van der Waals surface area (Å²) in [7, 11) is 0. The number of nitrogens with zero attached hydrogens (tertiary/aromatic N) is 1. The van der Waals surface area contributed by atoms with E-state index < -0.39 is 0 Å². The highest BCUT2D eigenvalue weighted by atomic mass is 14.9. The van der Waals surface area contributed by atoms with Crippen LogP contribution in [0.15, 0.2) is 42.6 Å². The first-order valence-electron chi connectivity index (χ1n) is 6.94.